The first-order chi connectivity index (χ1) is 25.1. The van der Waals surface area contributed by atoms with Crippen LogP contribution in [-0.2, 0) is 0 Å². The lowest BCUT2D eigenvalue weighted by atomic mass is 9.84. The lowest BCUT2D eigenvalue weighted by molar-refractivity contribution is 1.32. The molecule has 0 saturated carbocycles. The van der Waals surface area contributed by atoms with Crippen molar-refractivity contribution in [1.82, 2.24) is 0 Å². The van der Waals surface area contributed by atoms with Crippen LogP contribution in [0.5, 0.6) is 0 Å². The van der Waals surface area contributed by atoms with Crippen LogP contribution in [0.2, 0.25) is 0 Å². The zero-order valence-corrected chi connectivity index (χ0v) is 28.9. The van der Waals surface area contributed by atoms with E-state index in [1.54, 1.807) is 0 Å². The molecule has 0 bridgehead atoms. The molecule has 0 nitrogen and oxygen atoms in total. The van der Waals surface area contributed by atoms with Crippen molar-refractivity contribution in [3.63, 3.8) is 0 Å². The van der Waals surface area contributed by atoms with Crippen molar-refractivity contribution >= 4 is 75.4 Å². The lowest BCUT2D eigenvalue weighted by Gasteiger charge is -2.19. The van der Waals surface area contributed by atoms with Crippen LogP contribution in [0.25, 0.3) is 109 Å². The predicted molar refractivity (Wildman–Crippen MR) is 222 cm³/mol. The molecule has 0 spiro atoms. The molecule has 11 rings (SSSR count). The van der Waals surface area contributed by atoms with Gasteiger partial charge in [0.05, 0.1) is 0 Å². The van der Waals surface area contributed by atoms with Gasteiger partial charge in [-0.25, -0.2) is 0 Å². The smallest absolute Gasteiger partial charge is 0.000719 e. The van der Waals surface area contributed by atoms with E-state index in [1.165, 1.54) is 125 Å². The Balaban J connectivity index is 1.45. The van der Waals surface area contributed by atoms with Crippen LogP contribution in [0.4, 0.5) is 0 Å². The highest BCUT2D eigenvalue weighted by atomic mass is 14.3. The third-order valence-electron chi connectivity index (χ3n) is 11.6. The molecule has 0 aromatic heterocycles. The zero-order valence-electron chi connectivity index (χ0n) is 28.9. The van der Waals surface area contributed by atoms with Crippen LogP contribution in [-0.4, -0.2) is 0 Å². The molecule has 51 heavy (non-hydrogen) atoms. The number of rotatable bonds is 3. The van der Waals surface area contributed by atoms with E-state index in [1.807, 2.05) is 0 Å². The summed E-state index contributed by atoms with van der Waals surface area (Å²) in [6.07, 6.45) is 0. The van der Waals surface area contributed by atoms with E-state index in [2.05, 4.69) is 172 Å². The minimum absolute atomic E-state index is 1.25. The zero-order chi connectivity index (χ0) is 34.0. The van der Waals surface area contributed by atoms with Gasteiger partial charge >= 0.3 is 0 Å². The standard InChI is InChI=1S/C51H34/c1-29-26-30(2)44(31(3)27-29)38-24-25-41-47-37(38)21-13-23-40(47)51-46(33-16-8-5-9-17-33)49-39-22-12-20-36-34-18-10-11-19-35(34)42(48(36)39)28-43(49)45(50(41)51)32-14-6-4-7-15-32/h4-28H,1-3H3. The molecule has 0 aliphatic heterocycles. The molecule has 0 radical (unpaired) electrons. The highest BCUT2D eigenvalue weighted by molar-refractivity contribution is 6.45. The summed E-state index contributed by atoms with van der Waals surface area (Å²) >= 11 is 0. The maximum Gasteiger partial charge on any atom is -0.000719 e. The van der Waals surface area contributed by atoms with Crippen molar-refractivity contribution in [3.05, 3.63) is 168 Å². The summed E-state index contributed by atoms with van der Waals surface area (Å²) in [5.41, 5.74) is 11.8. The van der Waals surface area contributed by atoms with Crippen LogP contribution in [0, 0.1) is 20.8 Å². The van der Waals surface area contributed by atoms with E-state index >= 15 is 0 Å². The Bertz CT molecular complexity index is 3160. The van der Waals surface area contributed by atoms with E-state index in [4.69, 9.17) is 0 Å². The fourth-order valence-corrected chi connectivity index (χ4v) is 9.83. The lowest BCUT2D eigenvalue weighted by Crippen LogP contribution is -1.91. The summed E-state index contributed by atoms with van der Waals surface area (Å²) in [5.74, 6) is 0. The maximum atomic E-state index is 2.52. The summed E-state index contributed by atoms with van der Waals surface area (Å²) in [4.78, 5) is 0. The average molecular weight is 647 g/mol. The summed E-state index contributed by atoms with van der Waals surface area (Å²) in [6, 6.07) is 57.2. The molecule has 0 heterocycles. The molecule has 238 valence electrons. The van der Waals surface area contributed by atoms with Gasteiger partial charge in [-0.2, -0.15) is 0 Å². The first-order valence-corrected chi connectivity index (χ1v) is 18.0. The van der Waals surface area contributed by atoms with Crippen molar-refractivity contribution < 1.29 is 0 Å². The Morgan fingerprint density at radius 1 is 0.275 bits per heavy atom. The monoisotopic (exact) mass is 646 g/mol. The molecule has 0 atom stereocenters. The third-order valence-corrected chi connectivity index (χ3v) is 11.6. The van der Waals surface area contributed by atoms with Gasteiger partial charge in [-0.3, -0.25) is 0 Å². The second-order valence-electron chi connectivity index (χ2n) is 14.5. The van der Waals surface area contributed by atoms with Gasteiger partial charge in [-0.05, 0) is 147 Å². The van der Waals surface area contributed by atoms with Gasteiger partial charge in [-0.1, -0.05) is 151 Å². The van der Waals surface area contributed by atoms with E-state index in [-0.39, 0.29) is 0 Å². The van der Waals surface area contributed by atoms with Crippen LogP contribution in [0.1, 0.15) is 16.7 Å². The van der Waals surface area contributed by atoms with E-state index in [0.717, 1.165) is 0 Å². The van der Waals surface area contributed by atoms with Gasteiger partial charge in [0.25, 0.3) is 0 Å². The highest BCUT2D eigenvalue weighted by Crippen LogP contribution is 2.55. The summed E-state index contributed by atoms with van der Waals surface area (Å²) in [5, 5.41) is 18.7. The minimum Gasteiger partial charge on any atom is -0.0622 e. The molecular formula is C51H34. The summed E-state index contributed by atoms with van der Waals surface area (Å²) in [6.45, 7) is 6.73. The quantitative estimate of drug-likeness (QED) is 0.168. The van der Waals surface area contributed by atoms with Crippen LogP contribution < -0.4 is 0 Å². The number of aryl methyl sites for hydroxylation is 3. The molecule has 0 N–H and O–H groups in total. The fraction of sp³-hybridized carbons (Fsp3) is 0.0588. The van der Waals surface area contributed by atoms with Crippen molar-refractivity contribution in [2.45, 2.75) is 20.8 Å². The molecule has 0 saturated heterocycles. The Hall–Kier alpha value is -6.24. The number of benzene rings is 9. The normalized spacial score (nSPS) is 12.2. The Morgan fingerprint density at radius 2 is 0.765 bits per heavy atom. The molecule has 0 unspecified atom stereocenters. The largest absolute Gasteiger partial charge is 0.0622 e. The molecule has 0 heteroatoms. The molecule has 11 aromatic carbocycles. The molecule has 0 amide bonds. The van der Waals surface area contributed by atoms with Crippen molar-refractivity contribution in [1.29, 1.82) is 0 Å². The number of hydrogen-bond donors (Lipinski definition) is 0. The Labute approximate surface area is 296 Å². The predicted octanol–water partition coefficient (Wildman–Crippen LogP) is 14.6. The maximum absolute atomic E-state index is 2.52. The van der Waals surface area contributed by atoms with Crippen molar-refractivity contribution in [2.75, 3.05) is 0 Å². The van der Waals surface area contributed by atoms with Crippen molar-refractivity contribution in [3.8, 4) is 33.4 Å². The topological polar surface area (TPSA) is 0 Å². The van der Waals surface area contributed by atoms with Gasteiger partial charge in [-0.15, -0.1) is 0 Å². The third kappa shape index (κ3) is 3.80. The molecular weight excluding hydrogens is 613 g/mol. The first kappa shape index (κ1) is 28.6. The molecule has 11 aromatic rings. The van der Waals surface area contributed by atoms with Gasteiger partial charge in [0.1, 0.15) is 0 Å². The van der Waals surface area contributed by atoms with Crippen LogP contribution in [0.3, 0.4) is 0 Å². The first-order valence-electron chi connectivity index (χ1n) is 18.0. The highest BCUT2D eigenvalue weighted by Gasteiger charge is 2.27. The van der Waals surface area contributed by atoms with E-state index in [0.29, 0.717) is 0 Å². The summed E-state index contributed by atoms with van der Waals surface area (Å²) < 4.78 is 0. The molecule has 0 aliphatic carbocycles. The Morgan fingerprint density at radius 3 is 1.45 bits per heavy atom. The Kier molecular flexibility index (Phi) is 5.82. The number of fused-ring (bicyclic) bond motifs is 8. The molecule has 0 fully saturated rings. The van der Waals surface area contributed by atoms with Crippen LogP contribution in [0.15, 0.2) is 152 Å². The second kappa shape index (κ2) is 10.4. The van der Waals surface area contributed by atoms with Gasteiger partial charge in [0.2, 0.25) is 0 Å². The van der Waals surface area contributed by atoms with Crippen molar-refractivity contribution in [2.24, 2.45) is 0 Å². The molecule has 0 aliphatic rings. The van der Waals surface area contributed by atoms with Gasteiger partial charge in [0.15, 0.2) is 0 Å². The second-order valence-corrected chi connectivity index (χ2v) is 14.5. The number of hydrogen-bond acceptors (Lipinski definition) is 0. The van der Waals surface area contributed by atoms with Crippen LogP contribution >= 0.6 is 0 Å². The SMILES string of the molecule is Cc1cc(C)c(-c2ccc3c4c(-c5ccccc5)c5cc6c7ccccc7c7cccc(c5c(-c5ccccc5)c4c4cccc2c34)c76)c(C)c1. The minimum atomic E-state index is 1.25. The van der Waals surface area contributed by atoms with Gasteiger partial charge < -0.3 is 0 Å². The average Bonchev–Trinajstić information content (AvgIpc) is 3.66. The van der Waals surface area contributed by atoms with Gasteiger partial charge in [0, 0.05) is 0 Å². The fourth-order valence-electron chi connectivity index (χ4n) is 9.83. The van der Waals surface area contributed by atoms with E-state index in [9.17, 15) is 0 Å². The summed E-state index contributed by atoms with van der Waals surface area (Å²) in [7, 11) is 0. The van der Waals surface area contributed by atoms with E-state index < -0.39 is 0 Å².